The van der Waals surface area contributed by atoms with Crippen molar-refractivity contribution in [2.45, 2.75) is 45.6 Å². The van der Waals surface area contributed by atoms with Gasteiger partial charge in [-0.05, 0) is 31.0 Å². The van der Waals surface area contributed by atoms with E-state index in [4.69, 9.17) is 0 Å². The zero-order chi connectivity index (χ0) is 13.5. The number of H-pyrrole nitrogens is 1. The summed E-state index contributed by atoms with van der Waals surface area (Å²) in [6.07, 6.45) is 6.72. The Balaban J connectivity index is 2.06. The normalized spacial score (nSPS) is 12.3. The molecule has 0 bridgehead atoms. The van der Waals surface area contributed by atoms with E-state index in [1.54, 1.807) is 6.20 Å². The lowest BCUT2D eigenvalue weighted by molar-refractivity contribution is 0.593. The molecule has 1 atom stereocenters. The summed E-state index contributed by atoms with van der Waals surface area (Å²) in [5.41, 5.74) is 3.42. The summed E-state index contributed by atoms with van der Waals surface area (Å²) in [6, 6.07) is 11.1. The molecule has 2 rings (SSSR count). The molecule has 2 N–H and O–H groups in total. The van der Waals surface area contributed by atoms with Gasteiger partial charge in [0, 0.05) is 23.5 Å². The van der Waals surface area contributed by atoms with Crippen molar-refractivity contribution < 1.29 is 0 Å². The number of rotatable bonds is 7. The average molecular weight is 257 g/mol. The molecule has 1 heterocycles. The second-order valence-corrected chi connectivity index (χ2v) is 4.94. The molecule has 3 nitrogen and oxygen atoms in total. The van der Waals surface area contributed by atoms with Gasteiger partial charge < -0.3 is 5.32 Å². The van der Waals surface area contributed by atoms with Crippen molar-refractivity contribution in [2.75, 3.05) is 5.32 Å². The van der Waals surface area contributed by atoms with Gasteiger partial charge in [0.25, 0.3) is 0 Å². The Bertz CT molecular complexity index is 476. The van der Waals surface area contributed by atoms with Gasteiger partial charge in [-0.25, -0.2) is 0 Å². The standard InChI is InChI=1S/C16H23N3/c1-3-5-8-14(4-2)18-15-9-6-7-13(12-15)16-10-11-17-19-16/h6-7,9-12,14,18H,3-5,8H2,1-2H3,(H,17,19). The van der Waals surface area contributed by atoms with Crippen molar-refractivity contribution >= 4 is 5.69 Å². The van der Waals surface area contributed by atoms with Gasteiger partial charge in [-0.15, -0.1) is 0 Å². The van der Waals surface area contributed by atoms with Gasteiger partial charge in [0.1, 0.15) is 0 Å². The van der Waals surface area contributed by atoms with Crippen LogP contribution in [0.3, 0.4) is 0 Å². The van der Waals surface area contributed by atoms with Gasteiger partial charge in [0.15, 0.2) is 0 Å². The molecule has 0 amide bonds. The molecular weight excluding hydrogens is 234 g/mol. The smallest absolute Gasteiger partial charge is 0.0650 e. The lowest BCUT2D eigenvalue weighted by Gasteiger charge is -2.18. The first-order chi connectivity index (χ1) is 9.33. The highest BCUT2D eigenvalue weighted by Crippen LogP contribution is 2.22. The van der Waals surface area contributed by atoms with E-state index < -0.39 is 0 Å². The summed E-state index contributed by atoms with van der Waals surface area (Å²) in [7, 11) is 0. The SMILES string of the molecule is CCCCC(CC)Nc1cccc(-c2ccn[nH]2)c1. The van der Waals surface area contributed by atoms with Crippen LogP contribution in [0.1, 0.15) is 39.5 Å². The summed E-state index contributed by atoms with van der Waals surface area (Å²) >= 11 is 0. The van der Waals surface area contributed by atoms with Gasteiger partial charge in [-0.2, -0.15) is 5.10 Å². The first kappa shape index (κ1) is 13.7. The first-order valence-corrected chi connectivity index (χ1v) is 7.19. The van der Waals surface area contributed by atoms with Gasteiger partial charge in [-0.3, -0.25) is 5.10 Å². The van der Waals surface area contributed by atoms with E-state index in [1.807, 2.05) is 6.07 Å². The summed E-state index contributed by atoms with van der Waals surface area (Å²) in [6.45, 7) is 4.48. The highest BCUT2D eigenvalue weighted by atomic mass is 15.1. The number of unbranched alkanes of at least 4 members (excludes halogenated alkanes) is 1. The van der Waals surface area contributed by atoms with Crippen LogP contribution in [0, 0.1) is 0 Å². The maximum absolute atomic E-state index is 4.00. The predicted octanol–water partition coefficient (Wildman–Crippen LogP) is 4.46. The van der Waals surface area contributed by atoms with Crippen LogP contribution in [0.25, 0.3) is 11.3 Å². The molecule has 3 heteroatoms. The molecule has 0 radical (unpaired) electrons. The van der Waals surface area contributed by atoms with Crippen molar-refractivity contribution in [3.63, 3.8) is 0 Å². The third-order valence-electron chi connectivity index (χ3n) is 3.44. The number of nitrogens with one attached hydrogen (secondary N) is 2. The van der Waals surface area contributed by atoms with Gasteiger partial charge in [0.05, 0.1) is 5.69 Å². The first-order valence-electron chi connectivity index (χ1n) is 7.19. The Labute approximate surface area is 115 Å². The second-order valence-electron chi connectivity index (χ2n) is 4.94. The molecule has 2 aromatic rings. The molecule has 1 unspecified atom stereocenters. The molecule has 0 spiro atoms. The van der Waals surface area contributed by atoms with Crippen LogP contribution < -0.4 is 5.32 Å². The maximum Gasteiger partial charge on any atom is 0.0650 e. The molecule has 0 aliphatic heterocycles. The van der Waals surface area contributed by atoms with Gasteiger partial charge in [0.2, 0.25) is 0 Å². The fourth-order valence-corrected chi connectivity index (χ4v) is 2.26. The Kier molecular flexibility index (Phi) is 5.01. The topological polar surface area (TPSA) is 40.7 Å². The lowest BCUT2D eigenvalue weighted by atomic mass is 10.1. The van der Waals surface area contributed by atoms with Crippen LogP contribution in [0.15, 0.2) is 36.5 Å². The van der Waals surface area contributed by atoms with Crippen molar-refractivity contribution in [3.8, 4) is 11.3 Å². The molecule has 1 aromatic carbocycles. The summed E-state index contributed by atoms with van der Waals surface area (Å²) in [4.78, 5) is 0. The minimum atomic E-state index is 0.567. The lowest BCUT2D eigenvalue weighted by Crippen LogP contribution is -2.18. The zero-order valence-electron chi connectivity index (χ0n) is 11.8. The van der Waals surface area contributed by atoms with E-state index in [2.05, 4.69) is 53.6 Å². The van der Waals surface area contributed by atoms with Crippen molar-refractivity contribution in [2.24, 2.45) is 0 Å². The number of benzene rings is 1. The van der Waals surface area contributed by atoms with E-state index in [1.165, 1.54) is 30.5 Å². The Morgan fingerprint density at radius 3 is 2.84 bits per heavy atom. The number of nitrogens with zero attached hydrogens (tertiary/aromatic N) is 1. The Hall–Kier alpha value is -1.77. The van der Waals surface area contributed by atoms with Crippen LogP contribution >= 0.6 is 0 Å². The number of aromatic nitrogens is 2. The fraction of sp³-hybridized carbons (Fsp3) is 0.438. The Morgan fingerprint density at radius 1 is 1.26 bits per heavy atom. The molecule has 19 heavy (non-hydrogen) atoms. The molecule has 1 aromatic heterocycles. The van der Waals surface area contributed by atoms with Crippen molar-refractivity contribution in [3.05, 3.63) is 36.5 Å². The molecule has 0 aliphatic rings. The van der Waals surface area contributed by atoms with Crippen LogP contribution in [-0.2, 0) is 0 Å². The number of hydrogen-bond acceptors (Lipinski definition) is 2. The van der Waals surface area contributed by atoms with Gasteiger partial charge >= 0.3 is 0 Å². The number of hydrogen-bond donors (Lipinski definition) is 2. The monoisotopic (exact) mass is 257 g/mol. The minimum Gasteiger partial charge on any atom is -0.382 e. The summed E-state index contributed by atoms with van der Waals surface area (Å²) < 4.78 is 0. The van der Waals surface area contributed by atoms with Crippen molar-refractivity contribution in [1.29, 1.82) is 0 Å². The third kappa shape index (κ3) is 3.85. The van der Waals surface area contributed by atoms with Crippen LogP contribution in [0.4, 0.5) is 5.69 Å². The summed E-state index contributed by atoms with van der Waals surface area (Å²) in [5, 5.41) is 10.6. The molecular formula is C16H23N3. The molecule has 102 valence electrons. The van der Waals surface area contributed by atoms with E-state index in [-0.39, 0.29) is 0 Å². The second kappa shape index (κ2) is 6.98. The number of aromatic amines is 1. The maximum atomic E-state index is 4.00. The van der Waals surface area contributed by atoms with Crippen LogP contribution in [-0.4, -0.2) is 16.2 Å². The van der Waals surface area contributed by atoms with Crippen molar-refractivity contribution in [1.82, 2.24) is 10.2 Å². The predicted molar refractivity (Wildman–Crippen MR) is 81.3 cm³/mol. The average Bonchev–Trinajstić information content (AvgIpc) is 2.98. The Morgan fingerprint density at radius 2 is 2.16 bits per heavy atom. The molecule has 0 saturated carbocycles. The van der Waals surface area contributed by atoms with Crippen LogP contribution in [0.5, 0.6) is 0 Å². The van der Waals surface area contributed by atoms with Crippen LogP contribution in [0.2, 0.25) is 0 Å². The highest BCUT2D eigenvalue weighted by Gasteiger charge is 2.06. The van der Waals surface area contributed by atoms with Gasteiger partial charge in [-0.1, -0.05) is 38.8 Å². The largest absolute Gasteiger partial charge is 0.382 e. The molecule has 0 saturated heterocycles. The third-order valence-corrected chi connectivity index (χ3v) is 3.44. The zero-order valence-corrected chi connectivity index (χ0v) is 11.8. The molecule has 0 fully saturated rings. The quantitative estimate of drug-likeness (QED) is 0.769. The van der Waals surface area contributed by atoms with E-state index in [0.29, 0.717) is 6.04 Å². The molecule has 0 aliphatic carbocycles. The van der Waals surface area contributed by atoms with E-state index in [9.17, 15) is 0 Å². The number of anilines is 1. The fourth-order valence-electron chi connectivity index (χ4n) is 2.26. The highest BCUT2D eigenvalue weighted by molar-refractivity contribution is 5.64. The minimum absolute atomic E-state index is 0.567. The van der Waals surface area contributed by atoms with E-state index >= 15 is 0 Å². The van der Waals surface area contributed by atoms with E-state index in [0.717, 1.165) is 12.1 Å². The summed E-state index contributed by atoms with van der Waals surface area (Å²) in [5.74, 6) is 0.